The smallest absolute Gasteiger partial charge is 0.300 e. The third-order valence-corrected chi connectivity index (χ3v) is 7.00. The highest BCUT2D eigenvalue weighted by atomic mass is 127. The minimum absolute atomic E-state index is 0.221. The van der Waals surface area contributed by atoms with Crippen LogP contribution in [0.3, 0.4) is 0 Å². The van der Waals surface area contributed by atoms with Crippen molar-refractivity contribution in [2.24, 2.45) is 5.73 Å². The molecule has 1 aromatic heterocycles. The summed E-state index contributed by atoms with van der Waals surface area (Å²) in [6.45, 7) is 0. The number of amides is 1. The Hall–Kier alpha value is -2.98. The molecule has 0 spiro atoms. The number of carbonyl (C=O) groups excluding carboxylic acids is 1. The highest BCUT2D eigenvalue weighted by Gasteiger charge is 2.28. The van der Waals surface area contributed by atoms with Gasteiger partial charge in [0.25, 0.3) is 5.91 Å². The average Bonchev–Trinajstić information content (AvgIpc) is 3.60. The van der Waals surface area contributed by atoms with E-state index in [-0.39, 0.29) is 17.3 Å². The van der Waals surface area contributed by atoms with Crippen molar-refractivity contribution in [1.82, 2.24) is 9.71 Å². The van der Waals surface area contributed by atoms with Gasteiger partial charge in [0.1, 0.15) is 5.82 Å². The lowest BCUT2D eigenvalue weighted by Crippen LogP contribution is -2.32. The van der Waals surface area contributed by atoms with Gasteiger partial charge < -0.3 is 11.1 Å². The van der Waals surface area contributed by atoms with Gasteiger partial charge in [-0.3, -0.25) is 9.52 Å². The van der Waals surface area contributed by atoms with Gasteiger partial charge in [0.2, 0.25) is 0 Å². The van der Waals surface area contributed by atoms with E-state index in [2.05, 4.69) is 15.0 Å². The van der Waals surface area contributed by atoms with Crippen molar-refractivity contribution in [2.45, 2.75) is 25.3 Å². The molecular weight excluding hydrogens is 617 g/mol. The number of halogens is 5. The minimum atomic E-state index is -4.10. The Labute approximate surface area is 217 Å². The van der Waals surface area contributed by atoms with Crippen LogP contribution in [0, 0.1) is 26.8 Å². The van der Waals surface area contributed by atoms with Crippen LogP contribution in [-0.4, -0.2) is 25.4 Å². The molecule has 0 bridgehead atoms. The maximum atomic E-state index is 15.0. The second-order valence-electron chi connectivity index (χ2n) is 8.01. The molecule has 0 atom stereocenters. The number of rotatable bonds is 9. The molecule has 4 rings (SSSR count). The van der Waals surface area contributed by atoms with Gasteiger partial charge in [-0.1, -0.05) is 0 Å². The molecular formula is C22H18F4IN5O3S. The SMILES string of the molecule is NC(=O)c1cc(Cc2ccnc(NS(=O)(=O)NC3CC3)c2F)c(F)c(F)c1Nc1ccc(I)cc1F. The average molecular weight is 635 g/mol. The van der Waals surface area contributed by atoms with E-state index in [1.54, 1.807) is 0 Å². The first-order valence-corrected chi connectivity index (χ1v) is 13.0. The van der Waals surface area contributed by atoms with Crippen molar-refractivity contribution in [1.29, 1.82) is 0 Å². The van der Waals surface area contributed by atoms with E-state index < -0.39 is 68.4 Å². The number of hydrogen-bond acceptors (Lipinski definition) is 5. The fourth-order valence-electron chi connectivity index (χ4n) is 3.32. The Bertz CT molecular complexity index is 1470. The summed E-state index contributed by atoms with van der Waals surface area (Å²) in [7, 11) is -4.10. The van der Waals surface area contributed by atoms with Crippen molar-refractivity contribution in [2.75, 3.05) is 10.0 Å². The summed E-state index contributed by atoms with van der Waals surface area (Å²) in [5.74, 6) is -6.61. The van der Waals surface area contributed by atoms with Gasteiger partial charge in [-0.05, 0) is 76.9 Å². The summed E-state index contributed by atoms with van der Waals surface area (Å²) in [5, 5.41) is 2.35. The molecule has 2 aromatic carbocycles. The van der Waals surface area contributed by atoms with Gasteiger partial charge in [0, 0.05) is 22.2 Å². The summed E-state index contributed by atoms with van der Waals surface area (Å²) in [5.41, 5.74) is 3.28. The summed E-state index contributed by atoms with van der Waals surface area (Å²) >= 11 is 1.86. The largest absolute Gasteiger partial charge is 0.366 e. The summed E-state index contributed by atoms with van der Waals surface area (Å²) in [4.78, 5) is 15.7. The first-order valence-electron chi connectivity index (χ1n) is 10.4. The molecule has 1 saturated carbocycles. The Balaban J connectivity index is 1.67. The zero-order valence-electron chi connectivity index (χ0n) is 18.2. The van der Waals surface area contributed by atoms with Crippen LogP contribution < -0.4 is 20.5 Å². The number of nitrogens with one attached hydrogen (secondary N) is 3. The molecule has 0 radical (unpaired) electrons. The fourth-order valence-corrected chi connectivity index (χ4v) is 4.91. The normalized spacial score (nSPS) is 13.5. The number of nitrogens with two attached hydrogens (primary N) is 1. The van der Waals surface area contributed by atoms with Crippen LogP contribution in [0.4, 0.5) is 34.8 Å². The number of benzene rings is 2. The lowest BCUT2D eigenvalue weighted by molar-refractivity contribution is 0.100. The maximum absolute atomic E-state index is 15.0. The third kappa shape index (κ3) is 5.87. The van der Waals surface area contributed by atoms with Crippen LogP contribution in [0.25, 0.3) is 0 Å². The Morgan fingerprint density at radius 2 is 1.78 bits per heavy atom. The van der Waals surface area contributed by atoms with Crippen LogP contribution in [0.1, 0.15) is 34.3 Å². The van der Waals surface area contributed by atoms with Gasteiger partial charge in [0.05, 0.1) is 16.9 Å². The molecule has 190 valence electrons. The topological polar surface area (TPSA) is 126 Å². The fraction of sp³-hybridized carbons (Fsp3) is 0.182. The summed E-state index contributed by atoms with van der Waals surface area (Å²) < 4.78 is 88.3. The Morgan fingerprint density at radius 1 is 1.06 bits per heavy atom. The van der Waals surface area contributed by atoms with E-state index in [1.165, 1.54) is 12.1 Å². The maximum Gasteiger partial charge on any atom is 0.300 e. The number of nitrogens with zero attached hydrogens (tertiary/aromatic N) is 1. The van der Waals surface area contributed by atoms with Gasteiger partial charge in [-0.15, -0.1) is 0 Å². The first kappa shape index (κ1) is 26.1. The van der Waals surface area contributed by atoms with Gasteiger partial charge in [-0.2, -0.15) is 13.1 Å². The lowest BCUT2D eigenvalue weighted by atomic mass is 10.00. The number of primary amides is 1. The number of hydrogen-bond donors (Lipinski definition) is 4. The van der Waals surface area contributed by atoms with Crippen LogP contribution in [0.15, 0.2) is 36.5 Å². The monoisotopic (exact) mass is 635 g/mol. The predicted molar refractivity (Wildman–Crippen MR) is 133 cm³/mol. The van der Waals surface area contributed by atoms with Gasteiger partial charge >= 0.3 is 10.2 Å². The van der Waals surface area contributed by atoms with E-state index in [0.29, 0.717) is 16.4 Å². The Morgan fingerprint density at radius 3 is 2.42 bits per heavy atom. The molecule has 1 amide bonds. The lowest BCUT2D eigenvalue weighted by Gasteiger charge is -2.16. The Kier molecular flexibility index (Phi) is 7.38. The number of aromatic nitrogens is 1. The van der Waals surface area contributed by atoms with Crippen molar-refractivity contribution < 1.29 is 30.8 Å². The van der Waals surface area contributed by atoms with E-state index >= 15 is 4.39 Å². The molecule has 0 unspecified atom stereocenters. The van der Waals surface area contributed by atoms with E-state index in [4.69, 9.17) is 5.73 Å². The minimum Gasteiger partial charge on any atom is -0.366 e. The number of anilines is 3. The molecule has 14 heteroatoms. The standard InChI is InChI=1S/C22H18F4IN5O3S/c23-15-9-12(27)1-4-16(15)30-20-14(21(28)33)8-11(17(24)19(20)26)7-10-5-6-29-22(18(10)25)32-36(34,35)31-13-2-3-13/h1,4-6,8-9,13,30-31H,2-3,7H2,(H2,28,33)(H,29,32). The van der Waals surface area contributed by atoms with Crippen LogP contribution in [-0.2, 0) is 16.6 Å². The molecule has 8 nitrogen and oxygen atoms in total. The summed E-state index contributed by atoms with van der Waals surface area (Å²) in [6.07, 6.45) is 1.84. The van der Waals surface area contributed by atoms with Crippen molar-refractivity contribution in [3.63, 3.8) is 0 Å². The quantitative estimate of drug-likeness (QED) is 0.208. The van der Waals surface area contributed by atoms with E-state index in [9.17, 15) is 26.4 Å². The van der Waals surface area contributed by atoms with Gasteiger partial charge in [0.15, 0.2) is 23.3 Å². The van der Waals surface area contributed by atoms with Crippen molar-refractivity contribution in [3.8, 4) is 0 Å². The molecule has 1 aliphatic carbocycles. The predicted octanol–water partition coefficient (Wildman–Crippen LogP) is 4.08. The molecule has 1 fully saturated rings. The van der Waals surface area contributed by atoms with Crippen LogP contribution >= 0.6 is 22.6 Å². The second-order valence-corrected chi connectivity index (χ2v) is 10.7. The van der Waals surface area contributed by atoms with Gasteiger partial charge in [-0.25, -0.2) is 22.5 Å². The highest BCUT2D eigenvalue weighted by molar-refractivity contribution is 14.1. The molecule has 0 saturated heterocycles. The number of pyridine rings is 1. The third-order valence-electron chi connectivity index (χ3n) is 5.22. The molecule has 0 aliphatic heterocycles. The van der Waals surface area contributed by atoms with E-state index in [1.807, 2.05) is 27.3 Å². The van der Waals surface area contributed by atoms with Crippen molar-refractivity contribution >= 4 is 55.9 Å². The number of carbonyl (C=O) groups is 1. The van der Waals surface area contributed by atoms with Crippen LogP contribution in [0.2, 0.25) is 0 Å². The van der Waals surface area contributed by atoms with Crippen LogP contribution in [0.5, 0.6) is 0 Å². The zero-order chi connectivity index (χ0) is 26.2. The molecule has 1 heterocycles. The highest BCUT2D eigenvalue weighted by Crippen LogP contribution is 2.32. The molecule has 5 N–H and O–H groups in total. The first-order chi connectivity index (χ1) is 16.9. The van der Waals surface area contributed by atoms with E-state index in [0.717, 1.165) is 24.4 Å². The second kappa shape index (κ2) is 10.2. The molecule has 36 heavy (non-hydrogen) atoms. The molecule has 1 aliphatic rings. The zero-order valence-corrected chi connectivity index (χ0v) is 21.2. The molecule has 3 aromatic rings. The summed E-state index contributed by atoms with van der Waals surface area (Å²) in [6, 6.07) is 5.77. The van der Waals surface area contributed by atoms with Crippen molar-refractivity contribution in [3.05, 3.63) is 80.1 Å².